The van der Waals surface area contributed by atoms with Crippen LogP contribution in [0.4, 0.5) is 0 Å². The topological polar surface area (TPSA) is 134 Å². The van der Waals surface area contributed by atoms with Gasteiger partial charge in [-0.3, -0.25) is 10.2 Å². The molecule has 0 bridgehead atoms. The van der Waals surface area contributed by atoms with Gasteiger partial charge in [0.1, 0.15) is 6.29 Å². The highest BCUT2D eigenvalue weighted by molar-refractivity contribution is 5.84. The maximum atomic E-state index is 11.6. The van der Waals surface area contributed by atoms with E-state index in [0.717, 1.165) is 6.42 Å². The lowest BCUT2D eigenvalue weighted by molar-refractivity contribution is -0.125. The van der Waals surface area contributed by atoms with Gasteiger partial charge in [-0.1, -0.05) is 13.3 Å². The lowest BCUT2D eigenvalue weighted by Crippen LogP contribution is -2.46. The van der Waals surface area contributed by atoms with Gasteiger partial charge >= 0.3 is 0 Å². The third-order valence-electron chi connectivity index (χ3n) is 2.44. The summed E-state index contributed by atoms with van der Waals surface area (Å²) in [6, 6.07) is -1.10. The van der Waals surface area contributed by atoms with Crippen molar-refractivity contribution in [2.24, 2.45) is 11.5 Å². The number of carbonyl (C=O) groups excluding carboxylic acids is 2. The summed E-state index contributed by atoms with van der Waals surface area (Å²) in [7, 11) is 0. The highest BCUT2D eigenvalue weighted by Gasteiger charge is 2.16. The van der Waals surface area contributed by atoms with Crippen LogP contribution in [0.25, 0.3) is 0 Å². The summed E-state index contributed by atoms with van der Waals surface area (Å²) in [4.78, 5) is 22.4. The van der Waals surface area contributed by atoms with Crippen molar-refractivity contribution in [3.63, 3.8) is 0 Å². The van der Waals surface area contributed by atoms with Gasteiger partial charge in [-0.05, 0) is 19.3 Å². The molecule has 104 valence electrons. The zero-order valence-electron chi connectivity index (χ0n) is 10.7. The van der Waals surface area contributed by atoms with Crippen LogP contribution < -0.4 is 22.1 Å². The summed E-state index contributed by atoms with van der Waals surface area (Å²) >= 11 is 0. The van der Waals surface area contributed by atoms with Crippen molar-refractivity contribution in [2.75, 3.05) is 6.54 Å². The molecule has 0 aliphatic heterocycles. The Labute approximate surface area is 107 Å². The lowest BCUT2D eigenvalue weighted by Gasteiger charge is -2.16. The molecule has 7 N–H and O–H groups in total. The molecule has 0 aromatic heterocycles. The van der Waals surface area contributed by atoms with E-state index in [1.165, 1.54) is 0 Å². The van der Waals surface area contributed by atoms with Crippen LogP contribution in [0.5, 0.6) is 0 Å². The fraction of sp³-hybridized carbons (Fsp3) is 0.727. The summed E-state index contributed by atoms with van der Waals surface area (Å²) in [6.07, 6.45) is 3.25. The van der Waals surface area contributed by atoms with E-state index in [9.17, 15) is 9.59 Å². The second kappa shape index (κ2) is 9.41. The quantitative estimate of drug-likeness (QED) is 0.157. The standard InChI is InChI=1S/C11H23N5O2/c1-2-4-9(12)10(18)16-8(7-17)5-3-6-15-11(13)14/h7-9H,2-6,12H2,1H3,(H,16,18)(H4,13,14,15). The maximum absolute atomic E-state index is 11.6. The van der Waals surface area contributed by atoms with Crippen molar-refractivity contribution in [1.82, 2.24) is 10.6 Å². The van der Waals surface area contributed by atoms with E-state index in [-0.39, 0.29) is 11.9 Å². The van der Waals surface area contributed by atoms with Crippen molar-refractivity contribution < 1.29 is 9.59 Å². The highest BCUT2D eigenvalue weighted by Crippen LogP contribution is 1.97. The van der Waals surface area contributed by atoms with Gasteiger partial charge in [-0.2, -0.15) is 0 Å². The molecule has 0 aromatic rings. The van der Waals surface area contributed by atoms with Gasteiger partial charge in [0.2, 0.25) is 5.91 Å². The summed E-state index contributed by atoms with van der Waals surface area (Å²) in [6.45, 7) is 2.44. The molecule has 0 saturated heterocycles. The molecule has 7 nitrogen and oxygen atoms in total. The number of amides is 1. The Morgan fingerprint density at radius 1 is 1.44 bits per heavy atom. The molecule has 0 heterocycles. The highest BCUT2D eigenvalue weighted by atomic mass is 16.2. The minimum atomic E-state index is -0.562. The van der Waals surface area contributed by atoms with Gasteiger partial charge in [0.25, 0.3) is 0 Å². The van der Waals surface area contributed by atoms with E-state index >= 15 is 0 Å². The summed E-state index contributed by atoms with van der Waals surface area (Å²) in [5, 5.41) is 12.2. The predicted octanol–water partition coefficient (Wildman–Crippen LogP) is -0.939. The summed E-state index contributed by atoms with van der Waals surface area (Å²) in [5.74, 6) is -0.403. The lowest BCUT2D eigenvalue weighted by atomic mass is 10.1. The van der Waals surface area contributed by atoms with Crippen LogP contribution in [0.1, 0.15) is 32.6 Å². The summed E-state index contributed by atoms with van der Waals surface area (Å²) < 4.78 is 0. The molecular formula is C11H23N5O2. The van der Waals surface area contributed by atoms with Crippen LogP contribution in [0.15, 0.2) is 0 Å². The van der Waals surface area contributed by atoms with Crippen LogP contribution in [-0.2, 0) is 9.59 Å². The normalized spacial score (nSPS) is 13.4. The minimum Gasteiger partial charge on any atom is -0.370 e. The van der Waals surface area contributed by atoms with Crippen molar-refractivity contribution in [2.45, 2.75) is 44.7 Å². The fourth-order valence-corrected chi connectivity index (χ4v) is 1.45. The summed E-state index contributed by atoms with van der Waals surface area (Å²) in [5.41, 5.74) is 10.8. The Balaban J connectivity index is 3.92. The van der Waals surface area contributed by atoms with Crippen LogP contribution >= 0.6 is 0 Å². The molecule has 0 aliphatic rings. The number of guanidine groups is 1. The first-order valence-corrected chi connectivity index (χ1v) is 6.10. The molecule has 0 saturated carbocycles. The molecule has 0 rings (SSSR count). The van der Waals surface area contributed by atoms with Gasteiger partial charge in [0, 0.05) is 6.54 Å². The molecule has 0 spiro atoms. The molecule has 0 radical (unpaired) electrons. The molecule has 0 fully saturated rings. The van der Waals surface area contributed by atoms with E-state index in [1.54, 1.807) is 0 Å². The number of nitrogens with two attached hydrogens (primary N) is 2. The molecule has 1 amide bonds. The average Bonchev–Trinajstić information content (AvgIpc) is 2.32. The first kappa shape index (κ1) is 16.4. The average molecular weight is 257 g/mol. The maximum Gasteiger partial charge on any atom is 0.237 e. The largest absolute Gasteiger partial charge is 0.370 e. The van der Waals surface area contributed by atoms with Gasteiger partial charge in [-0.15, -0.1) is 0 Å². The van der Waals surface area contributed by atoms with Crippen molar-refractivity contribution in [3.05, 3.63) is 0 Å². The van der Waals surface area contributed by atoms with Crippen molar-refractivity contribution >= 4 is 18.2 Å². The Morgan fingerprint density at radius 3 is 2.61 bits per heavy atom. The molecular weight excluding hydrogens is 234 g/mol. The van der Waals surface area contributed by atoms with Crippen molar-refractivity contribution in [1.29, 1.82) is 5.41 Å². The molecule has 7 heteroatoms. The SMILES string of the molecule is CCCC(N)C(=O)NC(C=O)CCCNC(=N)N. The number of hydrogen-bond donors (Lipinski definition) is 5. The number of carbonyl (C=O) groups is 2. The molecule has 0 aliphatic carbocycles. The van der Waals surface area contributed by atoms with Crippen molar-refractivity contribution in [3.8, 4) is 0 Å². The fourth-order valence-electron chi connectivity index (χ4n) is 1.45. The van der Waals surface area contributed by atoms with E-state index in [0.29, 0.717) is 32.1 Å². The Kier molecular flexibility index (Phi) is 8.55. The first-order valence-electron chi connectivity index (χ1n) is 6.10. The second-order valence-corrected chi connectivity index (χ2v) is 4.13. The Morgan fingerprint density at radius 2 is 2.11 bits per heavy atom. The monoisotopic (exact) mass is 257 g/mol. The van der Waals surface area contributed by atoms with E-state index in [2.05, 4.69) is 10.6 Å². The van der Waals surface area contributed by atoms with Crippen LogP contribution in [-0.4, -0.2) is 36.8 Å². The molecule has 18 heavy (non-hydrogen) atoms. The third-order valence-corrected chi connectivity index (χ3v) is 2.44. The molecule has 0 aromatic carbocycles. The Hall–Kier alpha value is -1.63. The van der Waals surface area contributed by atoms with Crippen LogP contribution in [0.3, 0.4) is 0 Å². The van der Waals surface area contributed by atoms with Gasteiger partial charge in [-0.25, -0.2) is 0 Å². The van der Waals surface area contributed by atoms with Crippen LogP contribution in [0.2, 0.25) is 0 Å². The number of nitrogens with one attached hydrogen (secondary N) is 3. The zero-order chi connectivity index (χ0) is 14.0. The molecule has 2 unspecified atom stereocenters. The van der Waals surface area contributed by atoms with Crippen LogP contribution in [0, 0.1) is 5.41 Å². The van der Waals surface area contributed by atoms with E-state index in [4.69, 9.17) is 16.9 Å². The third kappa shape index (κ3) is 7.61. The predicted molar refractivity (Wildman–Crippen MR) is 70.0 cm³/mol. The van der Waals surface area contributed by atoms with Gasteiger partial charge < -0.3 is 26.9 Å². The number of aldehydes is 1. The van der Waals surface area contributed by atoms with E-state index in [1.807, 2.05) is 6.92 Å². The zero-order valence-corrected chi connectivity index (χ0v) is 10.7. The molecule has 2 atom stereocenters. The minimum absolute atomic E-state index is 0.105. The number of rotatable bonds is 9. The van der Waals surface area contributed by atoms with E-state index < -0.39 is 12.1 Å². The second-order valence-electron chi connectivity index (χ2n) is 4.13. The first-order chi connectivity index (χ1) is 8.51. The van der Waals surface area contributed by atoms with Gasteiger partial charge in [0.05, 0.1) is 12.1 Å². The Bertz CT molecular complexity index is 283. The smallest absolute Gasteiger partial charge is 0.237 e. The number of hydrogen-bond acceptors (Lipinski definition) is 4. The van der Waals surface area contributed by atoms with Gasteiger partial charge in [0.15, 0.2) is 5.96 Å².